The van der Waals surface area contributed by atoms with Gasteiger partial charge in [-0.2, -0.15) is 0 Å². The molecule has 0 radical (unpaired) electrons. The maximum absolute atomic E-state index is 6.24. The molecule has 21 heavy (non-hydrogen) atoms. The van der Waals surface area contributed by atoms with Crippen molar-refractivity contribution in [2.24, 2.45) is 5.92 Å². The fourth-order valence-corrected chi connectivity index (χ4v) is 4.32. The molecule has 1 N–H and O–H groups in total. The highest BCUT2D eigenvalue weighted by Gasteiger charge is 2.40. The summed E-state index contributed by atoms with van der Waals surface area (Å²) in [5, 5.41) is 3.56. The van der Waals surface area contributed by atoms with Gasteiger partial charge in [0, 0.05) is 19.1 Å². The monoisotopic (exact) mass is 291 g/mol. The van der Waals surface area contributed by atoms with Gasteiger partial charge in [-0.25, -0.2) is 0 Å². The number of aryl methyl sites for hydroxylation is 1. The van der Waals surface area contributed by atoms with Gasteiger partial charge in [0.05, 0.1) is 11.9 Å². The Labute approximate surface area is 128 Å². The average Bonchev–Trinajstić information content (AvgIpc) is 3.02. The first-order valence-corrected chi connectivity index (χ1v) is 8.65. The van der Waals surface area contributed by atoms with Crippen molar-refractivity contribution in [3.05, 3.63) is 24.2 Å². The summed E-state index contributed by atoms with van der Waals surface area (Å²) in [6.07, 6.45) is 13.1. The Morgan fingerprint density at radius 2 is 2.19 bits per heavy atom. The number of ether oxygens (including phenoxy) is 1. The van der Waals surface area contributed by atoms with E-state index < -0.39 is 0 Å². The molecule has 0 aromatic carbocycles. The Morgan fingerprint density at radius 3 is 2.90 bits per heavy atom. The number of hydrogen-bond acceptors (Lipinski definition) is 3. The van der Waals surface area contributed by atoms with Crippen LogP contribution in [-0.2, 0) is 11.2 Å². The number of nitrogens with one attached hydrogen (secondary N) is 1. The van der Waals surface area contributed by atoms with E-state index in [9.17, 15) is 0 Å². The van der Waals surface area contributed by atoms with Gasteiger partial charge in [0.2, 0.25) is 0 Å². The first-order valence-electron chi connectivity index (χ1n) is 8.65. The van der Waals surface area contributed by atoms with Crippen molar-refractivity contribution in [2.75, 3.05) is 13.7 Å². The second kappa shape index (κ2) is 6.97. The van der Waals surface area contributed by atoms with Crippen molar-refractivity contribution >= 4 is 0 Å². The molecule has 1 spiro atoms. The second-order valence-electron chi connectivity index (χ2n) is 6.86. The van der Waals surface area contributed by atoms with Crippen LogP contribution in [0.4, 0.5) is 0 Å². The van der Waals surface area contributed by atoms with E-state index in [-0.39, 0.29) is 5.60 Å². The molecule has 2 aliphatic rings. The molecule has 1 aromatic heterocycles. The molecule has 2 unspecified atom stereocenters. The lowest BCUT2D eigenvalue weighted by Gasteiger charge is -2.45. The van der Waals surface area contributed by atoms with E-state index in [1.54, 1.807) is 6.26 Å². The molecule has 1 aliphatic carbocycles. The molecular formula is C18H29NO2. The molecule has 2 fully saturated rings. The summed E-state index contributed by atoms with van der Waals surface area (Å²) in [5.41, 5.74) is 0.209. The highest BCUT2D eigenvalue weighted by atomic mass is 16.5. The Balaban J connectivity index is 1.57. The number of hydrogen-bond donors (Lipinski definition) is 1. The van der Waals surface area contributed by atoms with Gasteiger partial charge in [-0.1, -0.05) is 19.3 Å². The minimum absolute atomic E-state index is 0.209. The van der Waals surface area contributed by atoms with Crippen LogP contribution in [0.2, 0.25) is 0 Å². The molecule has 0 bridgehead atoms. The molecule has 118 valence electrons. The Morgan fingerprint density at radius 1 is 1.33 bits per heavy atom. The SMILES string of the molecule is CNC(CCc1ccco1)C1CCOC2(CCCCC2)C1. The topological polar surface area (TPSA) is 34.4 Å². The Bertz CT molecular complexity index is 403. The van der Waals surface area contributed by atoms with Crippen molar-refractivity contribution in [2.45, 2.75) is 69.4 Å². The van der Waals surface area contributed by atoms with Gasteiger partial charge in [0.25, 0.3) is 0 Å². The van der Waals surface area contributed by atoms with Crippen LogP contribution in [0, 0.1) is 5.92 Å². The zero-order valence-corrected chi connectivity index (χ0v) is 13.3. The summed E-state index contributed by atoms with van der Waals surface area (Å²) in [6, 6.07) is 4.65. The highest BCUT2D eigenvalue weighted by Crippen LogP contribution is 2.42. The summed E-state index contributed by atoms with van der Waals surface area (Å²) < 4.78 is 11.7. The van der Waals surface area contributed by atoms with E-state index in [0.29, 0.717) is 6.04 Å². The minimum atomic E-state index is 0.209. The van der Waals surface area contributed by atoms with Gasteiger partial charge >= 0.3 is 0 Å². The first kappa shape index (κ1) is 15.1. The summed E-state index contributed by atoms with van der Waals surface area (Å²) in [5.74, 6) is 1.85. The summed E-state index contributed by atoms with van der Waals surface area (Å²) in [7, 11) is 2.11. The minimum Gasteiger partial charge on any atom is -0.469 e. The van der Waals surface area contributed by atoms with Crippen LogP contribution in [0.25, 0.3) is 0 Å². The smallest absolute Gasteiger partial charge is 0.103 e. The maximum atomic E-state index is 6.24. The van der Waals surface area contributed by atoms with Crippen LogP contribution in [0.1, 0.15) is 57.1 Å². The van der Waals surface area contributed by atoms with Crippen LogP contribution in [0.3, 0.4) is 0 Å². The maximum Gasteiger partial charge on any atom is 0.103 e. The van der Waals surface area contributed by atoms with Crippen molar-refractivity contribution in [3.8, 4) is 0 Å². The molecule has 2 heterocycles. The molecule has 3 nitrogen and oxygen atoms in total. The lowest BCUT2D eigenvalue weighted by Crippen LogP contribution is -2.47. The van der Waals surface area contributed by atoms with E-state index in [1.165, 1.54) is 44.9 Å². The van der Waals surface area contributed by atoms with Crippen molar-refractivity contribution in [1.82, 2.24) is 5.32 Å². The zero-order valence-electron chi connectivity index (χ0n) is 13.3. The Hall–Kier alpha value is -0.800. The van der Waals surface area contributed by atoms with Crippen molar-refractivity contribution in [1.29, 1.82) is 0 Å². The van der Waals surface area contributed by atoms with Crippen molar-refractivity contribution < 1.29 is 9.15 Å². The fraction of sp³-hybridized carbons (Fsp3) is 0.778. The van der Waals surface area contributed by atoms with Crippen molar-refractivity contribution in [3.63, 3.8) is 0 Å². The normalized spacial score (nSPS) is 26.8. The van der Waals surface area contributed by atoms with E-state index in [1.807, 2.05) is 6.07 Å². The van der Waals surface area contributed by atoms with Crippen LogP contribution in [-0.4, -0.2) is 25.3 Å². The Kier molecular flexibility index (Phi) is 5.02. The summed E-state index contributed by atoms with van der Waals surface area (Å²) >= 11 is 0. The molecule has 0 amide bonds. The number of furan rings is 1. The van der Waals surface area contributed by atoms with Crippen LogP contribution >= 0.6 is 0 Å². The van der Waals surface area contributed by atoms with E-state index in [0.717, 1.165) is 31.1 Å². The van der Waals surface area contributed by atoms with Gasteiger partial charge in [-0.3, -0.25) is 0 Å². The van der Waals surface area contributed by atoms with Crippen LogP contribution in [0.15, 0.2) is 22.8 Å². The number of rotatable bonds is 5. The van der Waals surface area contributed by atoms with Crippen LogP contribution in [0.5, 0.6) is 0 Å². The third kappa shape index (κ3) is 3.70. The molecule has 1 aromatic rings. The molecule has 1 saturated heterocycles. The standard InChI is InChI=1S/C18H29NO2/c1-19-17(8-7-16-6-5-12-20-16)15-9-13-21-18(14-15)10-3-2-4-11-18/h5-6,12,15,17,19H,2-4,7-11,13-14H2,1H3. The van der Waals surface area contributed by atoms with E-state index >= 15 is 0 Å². The molecule has 1 aliphatic heterocycles. The predicted molar refractivity (Wildman–Crippen MR) is 84.4 cm³/mol. The first-order chi connectivity index (χ1) is 10.3. The van der Waals surface area contributed by atoms with Gasteiger partial charge < -0.3 is 14.5 Å². The predicted octanol–water partition coefficient (Wildman–Crippen LogP) is 3.93. The van der Waals surface area contributed by atoms with Crippen LogP contribution < -0.4 is 5.32 Å². The average molecular weight is 291 g/mol. The molecule has 2 atom stereocenters. The van der Waals surface area contributed by atoms with E-state index in [2.05, 4.69) is 18.4 Å². The quantitative estimate of drug-likeness (QED) is 0.892. The second-order valence-corrected chi connectivity index (χ2v) is 6.86. The summed E-state index contributed by atoms with van der Waals surface area (Å²) in [4.78, 5) is 0. The van der Waals surface area contributed by atoms with Gasteiger partial charge in [0.1, 0.15) is 5.76 Å². The van der Waals surface area contributed by atoms with Gasteiger partial charge in [-0.05, 0) is 57.2 Å². The zero-order chi connectivity index (χ0) is 14.5. The largest absolute Gasteiger partial charge is 0.469 e. The molecule has 3 rings (SSSR count). The fourth-order valence-electron chi connectivity index (χ4n) is 4.32. The van der Waals surface area contributed by atoms with Gasteiger partial charge in [-0.15, -0.1) is 0 Å². The molecular weight excluding hydrogens is 262 g/mol. The highest BCUT2D eigenvalue weighted by molar-refractivity contribution is 5.00. The molecule has 3 heteroatoms. The van der Waals surface area contributed by atoms with Gasteiger partial charge in [0.15, 0.2) is 0 Å². The lowest BCUT2D eigenvalue weighted by atomic mass is 9.73. The lowest BCUT2D eigenvalue weighted by molar-refractivity contribution is -0.121. The van der Waals surface area contributed by atoms with E-state index in [4.69, 9.17) is 9.15 Å². The third-order valence-corrected chi connectivity index (χ3v) is 5.52. The third-order valence-electron chi connectivity index (χ3n) is 5.52. The summed E-state index contributed by atoms with van der Waals surface area (Å²) in [6.45, 7) is 0.948. The molecule has 1 saturated carbocycles.